The van der Waals surface area contributed by atoms with Gasteiger partial charge in [-0.3, -0.25) is 9.89 Å². The number of aliphatic imine (C=N–C) groups is 1. The molecule has 2 aromatic rings. The van der Waals surface area contributed by atoms with E-state index in [2.05, 4.69) is 20.1 Å². The first-order valence-corrected chi connectivity index (χ1v) is 9.76. The van der Waals surface area contributed by atoms with Gasteiger partial charge in [0, 0.05) is 52.8 Å². The predicted molar refractivity (Wildman–Crippen MR) is 108 cm³/mol. The van der Waals surface area contributed by atoms with Gasteiger partial charge in [-0.25, -0.2) is 4.39 Å². The summed E-state index contributed by atoms with van der Waals surface area (Å²) >= 11 is 0. The molecule has 1 saturated heterocycles. The van der Waals surface area contributed by atoms with Gasteiger partial charge < -0.3 is 19.4 Å². The highest BCUT2D eigenvalue weighted by Crippen LogP contribution is 2.10. The summed E-state index contributed by atoms with van der Waals surface area (Å²) in [4.78, 5) is 9.31. The number of rotatable bonds is 8. The van der Waals surface area contributed by atoms with Gasteiger partial charge in [0.1, 0.15) is 11.6 Å². The number of nitrogens with one attached hydrogen (secondary N) is 1. The van der Waals surface area contributed by atoms with E-state index in [0.29, 0.717) is 13.2 Å². The number of furan rings is 1. The van der Waals surface area contributed by atoms with Crippen LogP contribution in [-0.2, 0) is 17.7 Å². The Morgan fingerprint density at radius 3 is 2.79 bits per heavy atom. The van der Waals surface area contributed by atoms with Crippen molar-refractivity contribution in [3.63, 3.8) is 0 Å². The number of benzene rings is 1. The van der Waals surface area contributed by atoms with E-state index in [9.17, 15) is 4.39 Å². The largest absolute Gasteiger partial charge is 0.469 e. The second kappa shape index (κ2) is 10.8. The molecule has 1 aliphatic rings. The highest BCUT2D eigenvalue weighted by molar-refractivity contribution is 5.80. The van der Waals surface area contributed by atoms with E-state index in [1.807, 2.05) is 18.2 Å². The summed E-state index contributed by atoms with van der Waals surface area (Å²) in [6, 6.07) is 10.7. The number of hydrogen-bond acceptors (Lipinski definition) is 4. The molecule has 1 fully saturated rings. The molecule has 0 spiro atoms. The Morgan fingerprint density at radius 1 is 1.21 bits per heavy atom. The van der Waals surface area contributed by atoms with Crippen LogP contribution in [0.25, 0.3) is 0 Å². The Bertz CT molecular complexity index is 728. The third kappa shape index (κ3) is 6.35. The van der Waals surface area contributed by atoms with Crippen LogP contribution in [0.1, 0.15) is 11.3 Å². The van der Waals surface area contributed by atoms with Crippen molar-refractivity contribution < 1.29 is 13.5 Å². The Kier molecular flexibility index (Phi) is 7.87. The van der Waals surface area contributed by atoms with E-state index in [1.54, 1.807) is 25.5 Å². The lowest BCUT2D eigenvalue weighted by atomic mass is 10.2. The van der Waals surface area contributed by atoms with Crippen LogP contribution in [-0.4, -0.2) is 68.7 Å². The first-order valence-electron chi connectivity index (χ1n) is 9.76. The number of methoxy groups -OCH3 is 1. The van der Waals surface area contributed by atoms with Crippen molar-refractivity contribution in [2.75, 3.05) is 53.0 Å². The van der Waals surface area contributed by atoms with Crippen molar-refractivity contribution in [1.29, 1.82) is 0 Å². The Morgan fingerprint density at radius 2 is 2.07 bits per heavy atom. The molecule has 2 heterocycles. The van der Waals surface area contributed by atoms with Gasteiger partial charge in [-0.05, 0) is 29.8 Å². The molecular formula is C21H29FN4O2. The maximum atomic E-state index is 13.4. The van der Waals surface area contributed by atoms with Crippen LogP contribution in [0.3, 0.4) is 0 Å². The summed E-state index contributed by atoms with van der Waals surface area (Å²) in [6.07, 6.45) is 2.51. The number of halogens is 1. The molecule has 0 atom stereocenters. The van der Waals surface area contributed by atoms with Crippen molar-refractivity contribution in [2.45, 2.75) is 13.0 Å². The first kappa shape index (κ1) is 20.4. The monoisotopic (exact) mass is 388 g/mol. The summed E-state index contributed by atoms with van der Waals surface area (Å²) in [6.45, 7) is 6.37. The quantitative estimate of drug-likeness (QED) is 0.428. The van der Waals surface area contributed by atoms with Crippen LogP contribution < -0.4 is 5.32 Å². The molecule has 0 amide bonds. The number of guanidine groups is 1. The zero-order valence-corrected chi connectivity index (χ0v) is 16.4. The molecule has 0 aliphatic carbocycles. The van der Waals surface area contributed by atoms with Gasteiger partial charge in [-0.1, -0.05) is 12.1 Å². The summed E-state index contributed by atoms with van der Waals surface area (Å²) in [7, 11) is 1.69. The highest BCUT2D eigenvalue weighted by Gasteiger charge is 2.20. The number of nitrogens with zero attached hydrogens (tertiary/aromatic N) is 3. The fourth-order valence-corrected chi connectivity index (χ4v) is 3.27. The fourth-order valence-electron chi connectivity index (χ4n) is 3.27. The van der Waals surface area contributed by atoms with Crippen molar-refractivity contribution in [3.8, 4) is 0 Å². The van der Waals surface area contributed by atoms with E-state index in [-0.39, 0.29) is 5.82 Å². The molecule has 1 N–H and O–H groups in total. The molecule has 1 aromatic carbocycles. The van der Waals surface area contributed by atoms with E-state index in [4.69, 9.17) is 9.15 Å². The van der Waals surface area contributed by atoms with Gasteiger partial charge in [0.05, 0.1) is 19.4 Å². The molecule has 7 heteroatoms. The topological polar surface area (TPSA) is 53.2 Å². The average molecular weight is 388 g/mol. The van der Waals surface area contributed by atoms with E-state index >= 15 is 0 Å². The smallest absolute Gasteiger partial charge is 0.194 e. The van der Waals surface area contributed by atoms with Crippen LogP contribution in [0.5, 0.6) is 0 Å². The van der Waals surface area contributed by atoms with Gasteiger partial charge in [0.25, 0.3) is 0 Å². The van der Waals surface area contributed by atoms with Crippen molar-refractivity contribution in [2.24, 2.45) is 4.99 Å². The summed E-state index contributed by atoms with van der Waals surface area (Å²) in [5, 5.41) is 3.45. The third-order valence-corrected chi connectivity index (χ3v) is 4.76. The van der Waals surface area contributed by atoms with E-state index in [0.717, 1.165) is 63.0 Å². The standard InChI is InChI=1S/C21H29FN4O2/c1-27-15-9-24-21(23-8-7-20-6-3-14-28-20)26-12-10-25(11-13-26)17-18-4-2-5-19(22)16-18/h2-6,14,16H,7-13,15,17H2,1H3,(H,23,24). The average Bonchev–Trinajstić information content (AvgIpc) is 3.21. The SMILES string of the molecule is COCCN=C(NCCc1ccco1)N1CCN(Cc2cccc(F)c2)CC1. The maximum absolute atomic E-state index is 13.4. The van der Waals surface area contributed by atoms with Gasteiger partial charge in [-0.15, -0.1) is 0 Å². The zero-order valence-electron chi connectivity index (χ0n) is 16.4. The lowest BCUT2D eigenvalue weighted by molar-refractivity contribution is 0.171. The van der Waals surface area contributed by atoms with Gasteiger partial charge in [0.2, 0.25) is 0 Å². The minimum atomic E-state index is -0.176. The molecule has 0 bridgehead atoms. The molecule has 1 aliphatic heterocycles. The van der Waals surface area contributed by atoms with Gasteiger partial charge in [-0.2, -0.15) is 0 Å². The van der Waals surface area contributed by atoms with Crippen LogP contribution in [0, 0.1) is 5.82 Å². The molecule has 0 radical (unpaired) electrons. The minimum Gasteiger partial charge on any atom is -0.469 e. The fraction of sp³-hybridized carbons (Fsp3) is 0.476. The van der Waals surface area contributed by atoms with Gasteiger partial charge in [0.15, 0.2) is 5.96 Å². The third-order valence-electron chi connectivity index (χ3n) is 4.76. The molecule has 3 rings (SSSR count). The van der Waals surface area contributed by atoms with E-state index in [1.165, 1.54) is 6.07 Å². The van der Waals surface area contributed by atoms with Crippen LogP contribution in [0.15, 0.2) is 52.1 Å². The normalized spacial score (nSPS) is 15.8. The predicted octanol–water partition coefficient (Wildman–Crippen LogP) is 2.37. The number of ether oxygens (including phenoxy) is 1. The molecule has 0 saturated carbocycles. The number of piperazine rings is 1. The molecule has 1 aromatic heterocycles. The molecule has 0 unspecified atom stereocenters. The van der Waals surface area contributed by atoms with Crippen molar-refractivity contribution >= 4 is 5.96 Å². The lowest BCUT2D eigenvalue weighted by Crippen LogP contribution is -2.52. The zero-order chi connectivity index (χ0) is 19.6. The molecule has 28 heavy (non-hydrogen) atoms. The lowest BCUT2D eigenvalue weighted by Gasteiger charge is -2.36. The summed E-state index contributed by atoms with van der Waals surface area (Å²) < 4.78 is 23.9. The second-order valence-electron chi connectivity index (χ2n) is 6.85. The first-order chi connectivity index (χ1) is 13.7. The van der Waals surface area contributed by atoms with E-state index < -0.39 is 0 Å². The van der Waals surface area contributed by atoms with Crippen LogP contribution >= 0.6 is 0 Å². The number of hydrogen-bond donors (Lipinski definition) is 1. The second-order valence-corrected chi connectivity index (χ2v) is 6.85. The maximum Gasteiger partial charge on any atom is 0.194 e. The minimum absolute atomic E-state index is 0.176. The van der Waals surface area contributed by atoms with Gasteiger partial charge >= 0.3 is 0 Å². The Balaban J connectivity index is 1.50. The Hall–Kier alpha value is -2.38. The van der Waals surface area contributed by atoms with Crippen molar-refractivity contribution in [1.82, 2.24) is 15.1 Å². The Labute approximate surface area is 166 Å². The summed E-state index contributed by atoms with van der Waals surface area (Å²) in [5.41, 5.74) is 1.01. The summed E-state index contributed by atoms with van der Waals surface area (Å²) in [5.74, 6) is 1.70. The molecular weight excluding hydrogens is 359 g/mol. The molecule has 152 valence electrons. The molecule has 6 nitrogen and oxygen atoms in total. The van der Waals surface area contributed by atoms with Crippen LogP contribution in [0.4, 0.5) is 4.39 Å². The van der Waals surface area contributed by atoms with Crippen molar-refractivity contribution in [3.05, 3.63) is 59.8 Å². The van der Waals surface area contributed by atoms with Crippen LogP contribution in [0.2, 0.25) is 0 Å². The highest BCUT2D eigenvalue weighted by atomic mass is 19.1.